The minimum atomic E-state index is -1.53. The fourth-order valence-corrected chi connectivity index (χ4v) is 7.79. The number of ether oxygens (including phenoxy) is 6. The van der Waals surface area contributed by atoms with Gasteiger partial charge in [-0.2, -0.15) is 0 Å². The maximum Gasteiger partial charge on any atom is 0.410 e. The van der Waals surface area contributed by atoms with Gasteiger partial charge < -0.3 is 44.2 Å². The van der Waals surface area contributed by atoms with Crippen LogP contribution in [0.3, 0.4) is 0 Å². The van der Waals surface area contributed by atoms with Crippen LogP contribution in [0, 0.1) is 0 Å². The Balaban J connectivity index is 1.15. The van der Waals surface area contributed by atoms with Crippen molar-refractivity contribution in [3.8, 4) is 0 Å². The van der Waals surface area contributed by atoms with Crippen LogP contribution in [0.15, 0.2) is 126 Å². The molecule has 314 valence electrons. The first-order chi connectivity index (χ1) is 29.3. The molecule has 0 aromatic heterocycles. The molecule has 3 aliphatic rings. The summed E-state index contributed by atoms with van der Waals surface area (Å²) >= 11 is 0. The molecule has 4 aromatic rings. The van der Waals surface area contributed by atoms with Crippen molar-refractivity contribution in [3.05, 3.63) is 154 Å². The van der Waals surface area contributed by atoms with Gasteiger partial charge in [-0.15, -0.1) is 0 Å². The van der Waals surface area contributed by atoms with Crippen LogP contribution in [-0.4, -0.2) is 89.3 Å². The van der Waals surface area contributed by atoms with Crippen LogP contribution in [0.25, 0.3) is 10.4 Å². The van der Waals surface area contributed by atoms with Crippen LogP contribution >= 0.6 is 0 Å². The molecule has 1 aliphatic carbocycles. The highest BCUT2D eigenvalue weighted by Gasteiger charge is 2.58. The molecule has 60 heavy (non-hydrogen) atoms. The molecular weight excluding hydrogens is 773 g/mol. The first kappa shape index (κ1) is 42.0. The van der Waals surface area contributed by atoms with E-state index in [0.29, 0.717) is 12.8 Å². The third kappa shape index (κ3) is 10.5. The van der Waals surface area contributed by atoms with E-state index in [1.165, 1.54) is 0 Å². The minimum Gasteiger partial charge on any atom is -0.445 e. The van der Waals surface area contributed by atoms with Gasteiger partial charge in [0.2, 0.25) is 0 Å². The molecule has 3 amide bonds. The normalized spacial score (nSPS) is 26.2. The molecule has 16 nitrogen and oxygen atoms in total. The van der Waals surface area contributed by atoms with Crippen molar-refractivity contribution in [2.75, 3.05) is 0 Å². The molecule has 2 heterocycles. The van der Waals surface area contributed by atoms with E-state index in [0.717, 1.165) is 22.3 Å². The topological polar surface area (TPSA) is 203 Å². The van der Waals surface area contributed by atoms with Crippen LogP contribution in [0.2, 0.25) is 0 Å². The zero-order chi connectivity index (χ0) is 41.8. The van der Waals surface area contributed by atoms with Crippen LogP contribution in [0.4, 0.5) is 14.4 Å². The Kier molecular flexibility index (Phi) is 14.1. The largest absolute Gasteiger partial charge is 0.445 e. The Hall–Kier alpha value is -6.16. The van der Waals surface area contributed by atoms with E-state index >= 15 is 0 Å². The third-order valence-corrected chi connectivity index (χ3v) is 10.9. The van der Waals surface area contributed by atoms with E-state index in [1.807, 2.05) is 128 Å². The number of carbonyl (C=O) groups excluding carboxylic acids is 3. The summed E-state index contributed by atoms with van der Waals surface area (Å²) in [5.74, 6) is 0. The van der Waals surface area contributed by atoms with Gasteiger partial charge in [-0.1, -0.05) is 126 Å². The Morgan fingerprint density at radius 3 is 2.02 bits per heavy atom. The first-order valence-electron chi connectivity index (χ1n) is 19.9. The number of nitrogens with zero attached hydrogens (tertiary/aromatic N) is 4. The van der Waals surface area contributed by atoms with E-state index in [-0.39, 0.29) is 26.4 Å². The molecule has 0 spiro atoms. The Morgan fingerprint density at radius 1 is 0.850 bits per heavy atom. The SMILES string of the molecule is C[C@H]([C@@H]1CC[C@@H](N=[N+]=[N-])[C@@H](O[C@H]2[C@H](O)[C@H]3OC(=O)N[C@@H]3[C@@H](OCc3ccccc3)[C@@H]2NC(=O)OCc2ccccc2)O1)N(Cc1ccccc1)C(=O)OCc1ccccc1. The molecule has 7 rings (SSSR count). The number of nitrogens with one attached hydrogen (secondary N) is 2. The van der Waals surface area contributed by atoms with Gasteiger partial charge in [0.25, 0.3) is 0 Å². The van der Waals surface area contributed by atoms with Crippen molar-refractivity contribution in [2.24, 2.45) is 5.11 Å². The quantitative estimate of drug-likeness (QED) is 0.0513. The number of rotatable bonds is 15. The van der Waals surface area contributed by atoms with Crippen LogP contribution in [-0.2, 0) is 54.8 Å². The lowest BCUT2D eigenvalue weighted by Gasteiger charge is -2.48. The number of hydrogen-bond donors (Lipinski definition) is 3. The summed E-state index contributed by atoms with van der Waals surface area (Å²) < 4.78 is 36.6. The van der Waals surface area contributed by atoms with Gasteiger partial charge in [0.1, 0.15) is 37.6 Å². The van der Waals surface area contributed by atoms with Crippen molar-refractivity contribution < 1.29 is 47.9 Å². The number of aliphatic hydroxyl groups is 1. The fourth-order valence-electron chi connectivity index (χ4n) is 7.79. The maximum absolute atomic E-state index is 13.8. The molecule has 4 aromatic carbocycles. The van der Waals surface area contributed by atoms with E-state index < -0.39 is 79.3 Å². The second-order valence-electron chi connectivity index (χ2n) is 14.9. The Bertz CT molecular complexity index is 2060. The van der Waals surface area contributed by atoms with Gasteiger partial charge >= 0.3 is 18.3 Å². The first-order valence-corrected chi connectivity index (χ1v) is 19.9. The molecule has 2 saturated heterocycles. The summed E-state index contributed by atoms with van der Waals surface area (Å²) in [6.07, 6.45) is -8.52. The second-order valence-corrected chi connectivity index (χ2v) is 14.9. The standard InChI is InChI=1S/C44H48N6O10/c1-28(50(24-29-14-6-2-7-15-29)44(54)57-27-32-20-12-5-13-21-32)34-23-22-33(48-49-45)41(58-34)59-39-35(46-42(52)56-26-31-18-10-4-11-19-31)38(55-25-30-16-8-3-9-17-30)36-40(37(39)51)60-43(53)47-36/h2-21,28,33-41,51H,22-27H2,1H3,(H,46,52)(H,47,53)/t28-,33-,34+,35+,36-,37+,38+,39-,40+,41-/m1/s1. The lowest BCUT2D eigenvalue weighted by molar-refractivity contribution is -0.268. The highest BCUT2D eigenvalue weighted by atomic mass is 16.7. The minimum absolute atomic E-state index is 0.0492. The number of amides is 3. The van der Waals surface area contributed by atoms with Gasteiger partial charge in [0, 0.05) is 11.5 Å². The number of alkyl carbamates (subject to hydrolysis) is 2. The number of aliphatic hydroxyl groups excluding tert-OH is 1. The van der Waals surface area contributed by atoms with Gasteiger partial charge in [0.15, 0.2) is 12.4 Å². The average Bonchev–Trinajstić information content (AvgIpc) is 3.68. The highest BCUT2D eigenvalue weighted by molar-refractivity contribution is 5.71. The Labute approximate surface area is 347 Å². The molecular formula is C44H48N6O10. The molecule has 0 unspecified atom stereocenters. The van der Waals surface area contributed by atoms with Crippen molar-refractivity contribution >= 4 is 18.3 Å². The van der Waals surface area contributed by atoms with Gasteiger partial charge in [0.05, 0.1) is 30.8 Å². The lowest BCUT2D eigenvalue weighted by Crippen LogP contribution is -2.71. The Morgan fingerprint density at radius 2 is 1.42 bits per heavy atom. The predicted molar refractivity (Wildman–Crippen MR) is 216 cm³/mol. The number of carbonyl (C=O) groups is 3. The lowest BCUT2D eigenvalue weighted by atomic mass is 9.81. The molecule has 16 heteroatoms. The summed E-state index contributed by atoms with van der Waals surface area (Å²) in [5, 5.41) is 21.5. The molecule has 0 bridgehead atoms. The molecule has 1 saturated carbocycles. The second kappa shape index (κ2) is 20.2. The molecule has 2 aliphatic heterocycles. The van der Waals surface area contributed by atoms with Crippen molar-refractivity contribution in [1.29, 1.82) is 0 Å². The van der Waals surface area contributed by atoms with Crippen LogP contribution in [0.5, 0.6) is 0 Å². The smallest absolute Gasteiger partial charge is 0.410 e. The number of benzene rings is 4. The van der Waals surface area contributed by atoms with E-state index in [1.54, 1.807) is 4.90 Å². The number of hydrogen-bond acceptors (Lipinski definition) is 11. The summed E-state index contributed by atoms with van der Waals surface area (Å²) in [6.45, 7) is 2.13. The zero-order valence-corrected chi connectivity index (χ0v) is 33.0. The van der Waals surface area contributed by atoms with Crippen molar-refractivity contribution in [3.63, 3.8) is 0 Å². The van der Waals surface area contributed by atoms with Gasteiger partial charge in [-0.05, 0) is 47.6 Å². The summed E-state index contributed by atoms with van der Waals surface area (Å²) in [4.78, 5) is 44.7. The van der Waals surface area contributed by atoms with Gasteiger partial charge in [-0.3, -0.25) is 4.90 Å². The monoisotopic (exact) mass is 820 g/mol. The van der Waals surface area contributed by atoms with Crippen molar-refractivity contribution in [1.82, 2.24) is 15.5 Å². The fraction of sp³-hybridized carbons (Fsp3) is 0.386. The van der Waals surface area contributed by atoms with Crippen LogP contribution < -0.4 is 10.6 Å². The maximum atomic E-state index is 13.8. The van der Waals surface area contributed by atoms with Crippen LogP contribution in [0.1, 0.15) is 42.0 Å². The molecule has 0 radical (unpaired) electrons. The van der Waals surface area contributed by atoms with E-state index in [2.05, 4.69) is 20.7 Å². The molecule has 3 fully saturated rings. The molecule has 3 N–H and O–H groups in total. The summed E-state index contributed by atoms with van der Waals surface area (Å²) in [7, 11) is 0. The number of azide groups is 1. The number of fused-ring (bicyclic) bond motifs is 1. The van der Waals surface area contributed by atoms with Gasteiger partial charge in [-0.25, -0.2) is 14.4 Å². The zero-order valence-electron chi connectivity index (χ0n) is 33.0. The highest BCUT2D eigenvalue weighted by Crippen LogP contribution is 2.36. The third-order valence-electron chi connectivity index (χ3n) is 10.9. The van der Waals surface area contributed by atoms with Crippen molar-refractivity contribution in [2.45, 2.75) is 107 Å². The molecule has 10 atom stereocenters. The summed E-state index contributed by atoms with van der Waals surface area (Å²) in [5.41, 5.74) is 12.9. The van der Waals surface area contributed by atoms with E-state index in [9.17, 15) is 25.0 Å². The average molecular weight is 821 g/mol. The predicted octanol–water partition coefficient (Wildman–Crippen LogP) is 6.52. The summed E-state index contributed by atoms with van der Waals surface area (Å²) in [6, 6.07) is 33.7. The van der Waals surface area contributed by atoms with E-state index in [4.69, 9.17) is 28.4 Å².